The second-order valence-electron chi connectivity index (χ2n) is 2.18. The van der Waals surface area contributed by atoms with Crippen LogP contribution in [-0.2, 0) is 4.74 Å². The van der Waals surface area contributed by atoms with Gasteiger partial charge in [0.25, 0.3) is 0 Å². The minimum atomic E-state index is -0.926. The molecule has 0 aromatic carbocycles. The normalized spacial score (nSPS) is 17.3. The molecule has 0 saturated carbocycles. The van der Waals surface area contributed by atoms with E-state index in [0.717, 1.165) is 0 Å². The third-order valence-electron chi connectivity index (χ3n) is 1.27. The lowest BCUT2D eigenvalue weighted by Crippen LogP contribution is -2.25. The summed E-state index contributed by atoms with van der Waals surface area (Å²) >= 11 is 0. The van der Waals surface area contributed by atoms with E-state index in [1.807, 2.05) is 0 Å². The number of hydrogen-bond acceptors (Lipinski definition) is 2. The topological polar surface area (TPSA) is 35.2 Å². The van der Waals surface area contributed by atoms with Crippen LogP contribution in [0.2, 0.25) is 0 Å². The van der Waals surface area contributed by atoms with Crippen LogP contribution in [0, 0.1) is 5.92 Å². The van der Waals surface area contributed by atoms with Gasteiger partial charge in [0.15, 0.2) is 0 Å². The molecule has 0 amide bonds. The smallest absolute Gasteiger partial charge is 0.117 e. The Kier molecular flexibility index (Phi) is 4.62. The van der Waals surface area contributed by atoms with Gasteiger partial charge in [-0.3, -0.25) is 0 Å². The van der Waals surface area contributed by atoms with E-state index >= 15 is 0 Å². The highest BCUT2D eigenvalue weighted by Crippen LogP contribution is 2.04. The molecule has 2 unspecified atom stereocenters. The zero-order valence-corrected chi connectivity index (χ0v) is 5.93. The van der Waals surface area contributed by atoms with Gasteiger partial charge < -0.3 is 10.5 Å². The highest BCUT2D eigenvalue weighted by atomic mass is 19.1. The molecule has 0 aromatic rings. The van der Waals surface area contributed by atoms with E-state index in [-0.39, 0.29) is 12.5 Å². The molecule has 2 nitrogen and oxygen atoms in total. The van der Waals surface area contributed by atoms with E-state index in [9.17, 15) is 4.39 Å². The van der Waals surface area contributed by atoms with E-state index in [0.29, 0.717) is 6.61 Å². The van der Waals surface area contributed by atoms with Crippen LogP contribution in [0.5, 0.6) is 0 Å². The van der Waals surface area contributed by atoms with Crippen molar-refractivity contribution in [2.75, 3.05) is 20.3 Å². The Morgan fingerprint density at radius 3 is 2.56 bits per heavy atom. The van der Waals surface area contributed by atoms with Gasteiger partial charge in [-0.05, 0) is 0 Å². The first-order valence-electron chi connectivity index (χ1n) is 3.05. The Bertz CT molecular complexity index is 70.1. The van der Waals surface area contributed by atoms with Crippen LogP contribution in [0.25, 0.3) is 0 Å². The van der Waals surface area contributed by atoms with Crippen molar-refractivity contribution in [3.05, 3.63) is 0 Å². The third kappa shape index (κ3) is 3.43. The molecule has 0 aliphatic rings. The molecule has 0 radical (unpaired) electrons. The van der Waals surface area contributed by atoms with Gasteiger partial charge in [-0.2, -0.15) is 0 Å². The summed E-state index contributed by atoms with van der Waals surface area (Å²) in [6.45, 7) is 2.31. The number of hydrogen-bond donors (Lipinski definition) is 1. The molecule has 0 spiro atoms. The molecule has 0 aliphatic heterocycles. The van der Waals surface area contributed by atoms with Gasteiger partial charge in [-0.25, -0.2) is 4.39 Å². The van der Waals surface area contributed by atoms with E-state index in [1.54, 1.807) is 14.0 Å². The molecule has 56 valence electrons. The van der Waals surface area contributed by atoms with Gasteiger partial charge in [0, 0.05) is 19.6 Å². The molecule has 2 atom stereocenters. The van der Waals surface area contributed by atoms with Crippen LogP contribution in [0.4, 0.5) is 4.39 Å². The summed E-state index contributed by atoms with van der Waals surface area (Å²) in [6, 6.07) is 0. The predicted molar refractivity (Wildman–Crippen MR) is 35.0 cm³/mol. The quantitative estimate of drug-likeness (QED) is 0.611. The summed E-state index contributed by atoms with van der Waals surface area (Å²) in [5, 5.41) is 0. The molecule has 0 bridgehead atoms. The van der Waals surface area contributed by atoms with Crippen molar-refractivity contribution in [1.82, 2.24) is 0 Å². The van der Waals surface area contributed by atoms with Crippen LogP contribution < -0.4 is 5.73 Å². The Hall–Kier alpha value is -0.150. The van der Waals surface area contributed by atoms with Crippen LogP contribution in [-0.4, -0.2) is 26.4 Å². The average molecular weight is 135 g/mol. The van der Waals surface area contributed by atoms with Gasteiger partial charge in [-0.1, -0.05) is 6.92 Å². The molecule has 0 saturated heterocycles. The lowest BCUT2D eigenvalue weighted by atomic mass is 10.1. The Morgan fingerprint density at radius 2 is 2.22 bits per heavy atom. The SMILES string of the molecule is COCC(C)C(F)CN. The highest BCUT2D eigenvalue weighted by molar-refractivity contribution is 4.63. The molecular weight excluding hydrogens is 121 g/mol. The van der Waals surface area contributed by atoms with E-state index in [4.69, 9.17) is 10.5 Å². The van der Waals surface area contributed by atoms with Gasteiger partial charge in [0.05, 0.1) is 6.61 Å². The molecule has 0 aromatic heterocycles. The molecule has 9 heavy (non-hydrogen) atoms. The van der Waals surface area contributed by atoms with Crippen molar-refractivity contribution in [3.63, 3.8) is 0 Å². The van der Waals surface area contributed by atoms with Crippen LogP contribution in [0.3, 0.4) is 0 Å². The van der Waals surface area contributed by atoms with E-state index in [2.05, 4.69) is 0 Å². The maximum Gasteiger partial charge on any atom is 0.117 e. The standard InChI is InChI=1S/C6H14FNO/c1-5(4-9-2)6(7)3-8/h5-6H,3-4,8H2,1-2H3. The summed E-state index contributed by atoms with van der Waals surface area (Å²) < 4.78 is 17.2. The van der Waals surface area contributed by atoms with Crippen LogP contribution in [0.1, 0.15) is 6.92 Å². The van der Waals surface area contributed by atoms with Crippen molar-refractivity contribution in [1.29, 1.82) is 0 Å². The Balaban J connectivity index is 3.32. The zero-order valence-electron chi connectivity index (χ0n) is 5.93. The minimum absolute atomic E-state index is 0.0833. The van der Waals surface area contributed by atoms with Gasteiger partial charge in [-0.15, -0.1) is 0 Å². The van der Waals surface area contributed by atoms with Crippen molar-refractivity contribution < 1.29 is 9.13 Å². The van der Waals surface area contributed by atoms with Gasteiger partial charge >= 0.3 is 0 Å². The molecule has 3 heteroatoms. The summed E-state index contributed by atoms with van der Waals surface area (Å²) in [6.07, 6.45) is -0.926. The second kappa shape index (κ2) is 4.70. The fraction of sp³-hybridized carbons (Fsp3) is 1.00. The minimum Gasteiger partial charge on any atom is -0.384 e. The second-order valence-corrected chi connectivity index (χ2v) is 2.18. The summed E-state index contributed by atoms with van der Waals surface area (Å²) in [4.78, 5) is 0. The summed E-state index contributed by atoms with van der Waals surface area (Å²) in [7, 11) is 1.56. The van der Waals surface area contributed by atoms with Gasteiger partial charge in [0.1, 0.15) is 6.17 Å². The summed E-state index contributed by atoms with van der Waals surface area (Å²) in [5.41, 5.74) is 5.07. The first kappa shape index (κ1) is 8.85. The molecule has 0 rings (SSSR count). The van der Waals surface area contributed by atoms with Crippen molar-refractivity contribution in [3.8, 4) is 0 Å². The molecule has 0 aliphatic carbocycles. The third-order valence-corrected chi connectivity index (χ3v) is 1.27. The number of rotatable bonds is 4. The lowest BCUT2D eigenvalue weighted by Gasteiger charge is -2.12. The van der Waals surface area contributed by atoms with Crippen molar-refractivity contribution >= 4 is 0 Å². The van der Waals surface area contributed by atoms with Gasteiger partial charge in [0.2, 0.25) is 0 Å². The fourth-order valence-electron chi connectivity index (χ4n) is 0.600. The molecule has 2 N–H and O–H groups in total. The lowest BCUT2D eigenvalue weighted by molar-refractivity contribution is 0.112. The Morgan fingerprint density at radius 1 is 1.67 bits per heavy atom. The number of ether oxygens (including phenoxy) is 1. The predicted octanol–water partition coefficient (Wildman–Crippen LogP) is 0.566. The molecule has 0 heterocycles. The average Bonchev–Trinajstić information content (AvgIpc) is 1.87. The first-order chi connectivity index (χ1) is 4.22. The van der Waals surface area contributed by atoms with Crippen LogP contribution >= 0.6 is 0 Å². The highest BCUT2D eigenvalue weighted by Gasteiger charge is 2.12. The van der Waals surface area contributed by atoms with E-state index < -0.39 is 6.17 Å². The Labute approximate surface area is 55.2 Å². The largest absolute Gasteiger partial charge is 0.384 e. The van der Waals surface area contributed by atoms with E-state index in [1.165, 1.54) is 0 Å². The van der Waals surface area contributed by atoms with Crippen molar-refractivity contribution in [2.45, 2.75) is 13.1 Å². The number of nitrogens with two attached hydrogens (primary N) is 1. The van der Waals surface area contributed by atoms with Crippen LogP contribution in [0.15, 0.2) is 0 Å². The zero-order chi connectivity index (χ0) is 7.28. The summed E-state index contributed by atoms with van der Waals surface area (Å²) in [5.74, 6) is -0.0833. The number of alkyl halides is 1. The monoisotopic (exact) mass is 135 g/mol. The van der Waals surface area contributed by atoms with Crippen molar-refractivity contribution in [2.24, 2.45) is 11.7 Å². The molecular formula is C6H14FNO. The first-order valence-corrected chi connectivity index (χ1v) is 3.05. The fourth-order valence-corrected chi connectivity index (χ4v) is 0.600. The molecule has 0 fully saturated rings. The number of halogens is 1. The maximum absolute atomic E-state index is 12.5. The maximum atomic E-state index is 12.5. The number of methoxy groups -OCH3 is 1.